The Morgan fingerprint density at radius 2 is 2.05 bits per heavy atom. The van der Waals surface area contributed by atoms with Crippen molar-refractivity contribution in [1.29, 1.82) is 0 Å². The number of aliphatic hydroxyl groups excluding tert-OH is 1. The molecule has 0 radical (unpaired) electrons. The van der Waals surface area contributed by atoms with Gasteiger partial charge in [0, 0.05) is 11.6 Å². The maximum atomic E-state index is 12.3. The second kappa shape index (κ2) is 5.72. The van der Waals surface area contributed by atoms with E-state index >= 15 is 0 Å². The van der Waals surface area contributed by atoms with Gasteiger partial charge in [-0.25, -0.2) is 4.98 Å². The smallest absolute Gasteiger partial charge is 0.200 e. The lowest BCUT2D eigenvalue weighted by molar-refractivity contribution is 0.105. The van der Waals surface area contributed by atoms with E-state index in [4.69, 9.17) is 0 Å². The van der Waals surface area contributed by atoms with Gasteiger partial charge in [0.05, 0.1) is 4.88 Å². The summed E-state index contributed by atoms with van der Waals surface area (Å²) in [6.45, 7) is 0. The fourth-order valence-corrected chi connectivity index (χ4v) is 2.76. The molecule has 0 fully saturated rings. The molecule has 21 heavy (non-hydrogen) atoms. The van der Waals surface area contributed by atoms with Crippen molar-refractivity contribution in [3.63, 3.8) is 0 Å². The minimum absolute atomic E-state index is 0.168. The minimum Gasteiger partial charge on any atom is -0.504 e. The Morgan fingerprint density at radius 3 is 2.76 bits per heavy atom. The van der Waals surface area contributed by atoms with Crippen LogP contribution in [0.4, 0.5) is 0 Å². The van der Waals surface area contributed by atoms with E-state index in [2.05, 4.69) is 15.2 Å². The average molecular weight is 297 g/mol. The van der Waals surface area contributed by atoms with Crippen molar-refractivity contribution in [2.45, 2.75) is 0 Å². The summed E-state index contributed by atoms with van der Waals surface area (Å²) in [5.41, 5.74) is 1.82. The molecule has 3 aromatic rings. The zero-order valence-electron chi connectivity index (χ0n) is 10.9. The SMILES string of the molecule is O=C(C=C(O)c1ncn[nH]1)c1sccc1-c1ccccc1. The number of carbonyl (C=O) groups is 1. The second-order valence-electron chi connectivity index (χ2n) is 4.26. The Kier molecular flexibility index (Phi) is 3.61. The van der Waals surface area contributed by atoms with Crippen LogP contribution in [-0.4, -0.2) is 26.1 Å². The number of hydrogen-bond acceptors (Lipinski definition) is 5. The number of nitrogens with zero attached hydrogens (tertiary/aromatic N) is 2. The molecule has 0 saturated heterocycles. The fourth-order valence-electron chi connectivity index (χ4n) is 1.93. The Morgan fingerprint density at radius 1 is 1.24 bits per heavy atom. The predicted molar refractivity (Wildman–Crippen MR) is 81.1 cm³/mol. The third-order valence-corrected chi connectivity index (χ3v) is 3.83. The number of carbonyl (C=O) groups excluding carboxylic acids is 1. The largest absolute Gasteiger partial charge is 0.504 e. The summed E-state index contributed by atoms with van der Waals surface area (Å²) in [5, 5.41) is 17.8. The average Bonchev–Trinajstić information content (AvgIpc) is 3.19. The highest BCUT2D eigenvalue weighted by Crippen LogP contribution is 2.29. The van der Waals surface area contributed by atoms with E-state index in [1.165, 1.54) is 17.7 Å². The van der Waals surface area contributed by atoms with Crippen LogP contribution in [0.1, 0.15) is 15.5 Å². The highest BCUT2D eigenvalue weighted by Gasteiger charge is 2.14. The number of hydrogen-bond donors (Lipinski definition) is 2. The normalized spacial score (nSPS) is 11.5. The number of aromatic nitrogens is 3. The second-order valence-corrected chi connectivity index (χ2v) is 5.17. The Labute approximate surface area is 124 Å². The highest BCUT2D eigenvalue weighted by atomic mass is 32.1. The lowest BCUT2D eigenvalue weighted by atomic mass is 10.0. The predicted octanol–water partition coefficient (Wildman–Crippen LogP) is 3.32. The monoisotopic (exact) mass is 297 g/mol. The number of allylic oxidation sites excluding steroid dienone is 1. The van der Waals surface area contributed by atoms with Gasteiger partial charge in [-0.1, -0.05) is 30.3 Å². The number of nitrogens with one attached hydrogen (secondary N) is 1. The van der Waals surface area contributed by atoms with Gasteiger partial charge in [0.1, 0.15) is 6.33 Å². The van der Waals surface area contributed by atoms with Crippen molar-refractivity contribution in [3.8, 4) is 11.1 Å². The van der Waals surface area contributed by atoms with E-state index < -0.39 is 0 Å². The maximum absolute atomic E-state index is 12.3. The minimum atomic E-state index is -0.266. The van der Waals surface area contributed by atoms with E-state index in [9.17, 15) is 9.90 Å². The number of aliphatic hydroxyl groups is 1. The van der Waals surface area contributed by atoms with Gasteiger partial charge in [-0.2, -0.15) is 5.10 Å². The van der Waals surface area contributed by atoms with Gasteiger partial charge in [0.25, 0.3) is 0 Å². The molecule has 1 aromatic carbocycles. The first kappa shape index (κ1) is 13.3. The molecule has 2 heterocycles. The van der Waals surface area contributed by atoms with Crippen molar-refractivity contribution in [2.24, 2.45) is 0 Å². The molecule has 0 unspecified atom stereocenters. The standard InChI is InChI=1S/C15H11N3O2S/c19-12(8-13(20)15-16-9-17-18-15)14-11(6-7-21-14)10-4-2-1-3-5-10/h1-9,20H,(H,16,17,18). The molecule has 0 saturated carbocycles. The van der Waals surface area contributed by atoms with Crippen LogP contribution in [0.2, 0.25) is 0 Å². The van der Waals surface area contributed by atoms with Crippen molar-refractivity contribution >= 4 is 22.9 Å². The molecule has 2 aromatic heterocycles. The van der Waals surface area contributed by atoms with Crippen LogP contribution < -0.4 is 0 Å². The number of ketones is 1. The first-order valence-corrected chi connectivity index (χ1v) is 7.07. The van der Waals surface area contributed by atoms with E-state index in [1.54, 1.807) is 0 Å². The van der Waals surface area contributed by atoms with Gasteiger partial charge in [-0.3, -0.25) is 9.89 Å². The Bertz CT molecular complexity index is 776. The van der Waals surface area contributed by atoms with Crippen molar-refractivity contribution in [2.75, 3.05) is 0 Å². The number of thiophene rings is 1. The van der Waals surface area contributed by atoms with E-state index in [1.807, 2.05) is 41.8 Å². The number of H-pyrrole nitrogens is 1. The van der Waals surface area contributed by atoms with Crippen molar-refractivity contribution in [1.82, 2.24) is 15.2 Å². The first-order chi connectivity index (χ1) is 10.3. The van der Waals surface area contributed by atoms with Gasteiger partial charge >= 0.3 is 0 Å². The van der Waals surface area contributed by atoms with E-state index in [0.29, 0.717) is 4.88 Å². The fraction of sp³-hybridized carbons (Fsp3) is 0. The summed E-state index contributed by atoms with van der Waals surface area (Å²) in [6.07, 6.45) is 2.42. The van der Waals surface area contributed by atoms with Gasteiger partial charge in [-0.15, -0.1) is 11.3 Å². The molecule has 2 N–H and O–H groups in total. The lowest BCUT2D eigenvalue weighted by Gasteiger charge is -2.01. The molecular formula is C15H11N3O2S. The van der Waals surface area contributed by atoms with Crippen LogP contribution in [0.5, 0.6) is 0 Å². The molecule has 0 aliphatic rings. The van der Waals surface area contributed by atoms with Crippen LogP contribution in [0.15, 0.2) is 54.2 Å². The molecule has 0 bridgehead atoms. The summed E-state index contributed by atoms with van der Waals surface area (Å²) < 4.78 is 0. The summed E-state index contributed by atoms with van der Waals surface area (Å²) >= 11 is 1.34. The molecule has 0 atom stereocenters. The Hall–Kier alpha value is -2.73. The molecule has 3 rings (SSSR count). The van der Waals surface area contributed by atoms with Crippen molar-refractivity contribution < 1.29 is 9.90 Å². The summed E-state index contributed by atoms with van der Waals surface area (Å²) in [5.74, 6) is -0.330. The topological polar surface area (TPSA) is 78.9 Å². The van der Waals surface area contributed by atoms with Gasteiger partial charge < -0.3 is 5.11 Å². The van der Waals surface area contributed by atoms with Crippen LogP contribution in [0.3, 0.4) is 0 Å². The lowest BCUT2D eigenvalue weighted by Crippen LogP contribution is -1.97. The van der Waals surface area contributed by atoms with Crippen LogP contribution in [0.25, 0.3) is 16.9 Å². The maximum Gasteiger partial charge on any atom is 0.200 e. The van der Waals surface area contributed by atoms with Gasteiger partial charge in [-0.05, 0) is 17.0 Å². The van der Waals surface area contributed by atoms with Gasteiger partial charge in [0.2, 0.25) is 0 Å². The van der Waals surface area contributed by atoms with Gasteiger partial charge in [0.15, 0.2) is 17.4 Å². The van der Waals surface area contributed by atoms with Crippen LogP contribution in [0, 0.1) is 0 Å². The zero-order chi connectivity index (χ0) is 14.7. The van der Waals surface area contributed by atoms with Crippen molar-refractivity contribution in [3.05, 3.63) is 64.9 Å². The van der Waals surface area contributed by atoms with Crippen LogP contribution >= 0.6 is 11.3 Å². The molecule has 6 heteroatoms. The molecule has 104 valence electrons. The number of benzene rings is 1. The highest BCUT2D eigenvalue weighted by molar-refractivity contribution is 7.12. The van der Waals surface area contributed by atoms with E-state index in [0.717, 1.165) is 17.2 Å². The number of rotatable bonds is 4. The third-order valence-electron chi connectivity index (χ3n) is 2.90. The molecule has 0 aliphatic heterocycles. The number of aromatic amines is 1. The van der Waals surface area contributed by atoms with Crippen LogP contribution in [-0.2, 0) is 0 Å². The Balaban J connectivity index is 1.94. The molecule has 0 amide bonds. The quantitative estimate of drug-likeness (QED) is 0.440. The summed E-state index contributed by atoms with van der Waals surface area (Å²) in [4.78, 5) is 16.7. The molecule has 5 nitrogen and oxygen atoms in total. The summed E-state index contributed by atoms with van der Waals surface area (Å²) in [6, 6.07) is 11.5. The first-order valence-electron chi connectivity index (χ1n) is 6.19. The summed E-state index contributed by atoms with van der Waals surface area (Å²) in [7, 11) is 0. The zero-order valence-corrected chi connectivity index (χ0v) is 11.7. The molecule has 0 spiro atoms. The molecular weight excluding hydrogens is 286 g/mol. The molecule has 0 aliphatic carbocycles. The third kappa shape index (κ3) is 2.75. The van der Waals surface area contributed by atoms with E-state index in [-0.39, 0.29) is 17.4 Å².